The molecule has 0 fully saturated rings. The number of carboxylic acids is 1. The summed E-state index contributed by atoms with van der Waals surface area (Å²) in [4.78, 5) is 33.5. The maximum Gasteiger partial charge on any atom is 0.389 e. The summed E-state index contributed by atoms with van der Waals surface area (Å²) in [5.41, 5.74) is -1.31. The first-order chi connectivity index (χ1) is 9.44. The van der Waals surface area contributed by atoms with Gasteiger partial charge in [0.15, 0.2) is 0 Å². The van der Waals surface area contributed by atoms with Gasteiger partial charge in [-0.1, -0.05) is 0 Å². The zero-order chi connectivity index (χ0) is 16.7. The molecular weight excluding hydrogens is 293 g/mol. The summed E-state index contributed by atoms with van der Waals surface area (Å²) in [6, 6.07) is -0.854. The van der Waals surface area contributed by atoms with Crippen molar-refractivity contribution in [3.63, 3.8) is 0 Å². The molecule has 0 bridgehead atoms. The molecule has 0 aromatic heterocycles. The zero-order valence-electron chi connectivity index (χ0n) is 11.8. The third kappa shape index (κ3) is 9.69. The van der Waals surface area contributed by atoms with E-state index in [1.807, 2.05) is 5.32 Å². The average Bonchev–Trinajstić information content (AvgIpc) is 2.25. The minimum absolute atomic E-state index is 0.00246. The van der Waals surface area contributed by atoms with Gasteiger partial charge in [-0.2, -0.15) is 13.2 Å². The molecule has 0 saturated heterocycles. The van der Waals surface area contributed by atoms with Crippen LogP contribution in [0.25, 0.3) is 0 Å². The second kappa shape index (κ2) is 7.84. The number of halogens is 3. The lowest BCUT2D eigenvalue weighted by Gasteiger charge is -2.17. The summed E-state index contributed by atoms with van der Waals surface area (Å²) in [7, 11) is 0. The number of amides is 3. The molecule has 0 aromatic carbocycles. The molecule has 0 spiro atoms. The highest BCUT2D eigenvalue weighted by Gasteiger charge is 2.30. The van der Waals surface area contributed by atoms with E-state index >= 15 is 0 Å². The van der Waals surface area contributed by atoms with Crippen LogP contribution in [0, 0.1) is 5.41 Å². The Morgan fingerprint density at radius 3 is 2.14 bits per heavy atom. The van der Waals surface area contributed by atoms with E-state index in [1.54, 1.807) is 0 Å². The SMILES string of the molecule is CC(C)(CC(=O)NC(=O)NCCCCC(F)(F)F)C(=O)O. The Morgan fingerprint density at radius 2 is 1.67 bits per heavy atom. The molecule has 3 N–H and O–H groups in total. The molecule has 122 valence electrons. The van der Waals surface area contributed by atoms with E-state index in [1.165, 1.54) is 13.8 Å². The number of carbonyl (C=O) groups excluding carboxylic acids is 2. The van der Waals surface area contributed by atoms with E-state index in [0.717, 1.165) is 0 Å². The number of unbranched alkanes of at least 4 members (excludes halogenated alkanes) is 1. The van der Waals surface area contributed by atoms with Gasteiger partial charge in [-0.15, -0.1) is 0 Å². The highest BCUT2D eigenvalue weighted by molar-refractivity contribution is 5.96. The number of urea groups is 1. The molecule has 0 heterocycles. The second-order valence-electron chi connectivity index (χ2n) is 5.24. The number of hydrogen-bond acceptors (Lipinski definition) is 3. The van der Waals surface area contributed by atoms with Gasteiger partial charge in [0.2, 0.25) is 5.91 Å². The summed E-state index contributed by atoms with van der Waals surface area (Å²) in [5.74, 6) is -1.94. The van der Waals surface area contributed by atoms with Crippen LogP contribution in [0.1, 0.15) is 39.5 Å². The molecule has 21 heavy (non-hydrogen) atoms. The number of carboxylic acid groups (broad SMARTS) is 1. The Kier molecular flexibility index (Phi) is 7.17. The van der Waals surface area contributed by atoms with Crippen LogP contribution in [0.3, 0.4) is 0 Å². The highest BCUT2D eigenvalue weighted by Crippen LogP contribution is 2.22. The maximum absolute atomic E-state index is 11.8. The molecule has 0 saturated carbocycles. The standard InChI is InChI=1S/C12H19F3N2O4/c1-11(2,9(19)20)7-8(18)17-10(21)16-6-4-3-5-12(13,14)15/h3-7H2,1-2H3,(H,19,20)(H2,16,17,18,21). The second-order valence-corrected chi connectivity index (χ2v) is 5.24. The van der Waals surface area contributed by atoms with Crippen LogP contribution >= 0.6 is 0 Å². The molecule has 0 aliphatic carbocycles. The molecule has 6 nitrogen and oxygen atoms in total. The van der Waals surface area contributed by atoms with Crippen molar-refractivity contribution >= 4 is 17.9 Å². The molecular formula is C12H19F3N2O4. The maximum atomic E-state index is 11.8. The zero-order valence-corrected chi connectivity index (χ0v) is 11.8. The van der Waals surface area contributed by atoms with Gasteiger partial charge >= 0.3 is 18.2 Å². The van der Waals surface area contributed by atoms with Crippen molar-refractivity contribution in [1.29, 1.82) is 0 Å². The van der Waals surface area contributed by atoms with E-state index in [2.05, 4.69) is 5.32 Å². The predicted molar refractivity (Wildman–Crippen MR) is 67.5 cm³/mol. The van der Waals surface area contributed by atoms with Crippen molar-refractivity contribution in [2.45, 2.75) is 45.7 Å². The van der Waals surface area contributed by atoms with Crippen molar-refractivity contribution in [2.24, 2.45) is 5.41 Å². The van der Waals surface area contributed by atoms with Crippen LogP contribution < -0.4 is 10.6 Å². The van der Waals surface area contributed by atoms with Crippen molar-refractivity contribution < 1.29 is 32.7 Å². The number of aliphatic carboxylic acids is 1. The van der Waals surface area contributed by atoms with Crippen LogP contribution in [0.5, 0.6) is 0 Å². The van der Waals surface area contributed by atoms with Gasteiger partial charge in [-0.3, -0.25) is 14.9 Å². The topological polar surface area (TPSA) is 95.5 Å². The van der Waals surface area contributed by atoms with E-state index in [4.69, 9.17) is 5.11 Å². The summed E-state index contributed by atoms with van der Waals surface area (Å²) in [5, 5.41) is 13.0. The highest BCUT2D eigenvalue weighted by atomic mass is 19.4. The molecule has 0 aliphatic rings. The molecule has 0 rings (SSSR count). The summed E-state index contributed by atoms with van der Waals surface area (Å²) in [6.07, 6.45) is -5.53. The monoisotopic (exact) mass is 312 g/mol. The number of nitrogens with one attached hydrogen (secondary N) is 2. The van der Waals surface area contributed by atoms with Gasteiger partial charge in [0.25, 0.3) is 0 Å². The molecule has 0 unspecified atom stereocenters. The quantitative estimate of drug-likeness (QED) is 0.627. The normalized spacial score (nSPS) is 11.9. The van der Waals surface area contributed by atoms with Crippen molar-refractivity contribution in [2.75, 3.05) is 6.54 Å². The van der Waals surface area contributed by atoms with Gasteiger partial charge < -0.3 is 10.4 Å². The molecule has 0 aromatic rings. The van der Waals surface area contributed by atoms with Gasteiger partial charge in [-0.25, -0.2) is 4.79 Å². The Bertz CT molecular complexity index is 394. The minimum Gasteiger partial charge on any atom is -0.481 e. The molecule has 0 atom stereocenters. The van der Waals surface area contributed by atoms with Crippen molar-refractivity contribution in [1.82, 2.24) is 10.6 Å². The number of carbonyl (C=O) groups is 3. The lowest BCUT2D eigenvalue weighted by Crippen LogP contribution is -2.42. The Labute approximate surface area is 120 Å². The first-order valence-corrected chi connectivity index (χ1v) is 6.32. The van der Waals surface area contributed by atoms with Crippen LogP contribution in [0.2, 0.25) is 0 Å². The van der Waals surface area contributed by atoms with Crippen molar-refractivity contribution in [3.8, 4) is 0 Å². The fraction of sp³-hybridized carbons (Fsp3) is 0.750. The van der Waals surface area contributed by atoms with Gasteiger partial charge in [0, 0.05) is 19.4 Å². The Balaban J connectivity index is 3.90. The third-order valence-electron chi connectivity index (χ3n) is 2.61. The van der Waals surface area contributed by atoms with E-state index in [0.29, 0.717) is 0 Å². The van der Waals surface area contributed by atoms with Crippen molar-refractivity contribution in [3.05, 3.63) is 0 Å². The first kappa shape index (κ1) is 19.2. The fourth-order valence-electron chi connectivity index (χ4n) is 1.34. The molecule has 9 heteroatoms. The number of imide groups is 1. The number of rotatable bonds is 7. The molecule has 0 aliphatic heterocycles. The molecule has 3 amide bonds. The minimum atomic E-state index is -4.22. The summed E-state index contributed by atoms with van der Waals surface area (Å²) >= 11 is 0. The molecule has 0 radical (unpaired) electrons. The van der Waals surface area contributed by atoms with Crippen LogP contribution in [0.4, 0.5) is 18.0 Å². The smallest absolute Gasteiger partial charge is 0.389 e. The largest absolute Gasteiger partial charge is 0.481 e. The lowest BCUT2D eigenvalue weighted by molar-refractivity contribution is -0.149. The van der Waals surface area contributed by atoms with E-state index in [9.17, 15) is 27.6 Å². The summed E-state index contributed by atoms with van der Waals surface area (Å²) < 4.78 is 35.5. The van der Waals surface area contributed by atoms with Gasteiger partial charge in [0.05, 0.1) is 5.41 Å². The van der Waals surface area contributed by atoms with E-state index in [-0.39, 0.29) is 25.8 Å². The van der Waals surface area contributed by atoms with Gasteiger partial charge in [-0.05, 0) is 26.7 Å². The van der Waals surface area contributed by atoms with Crippen LogP contribution in [-0.4, -0.2) is 35.7 Å². The predicted octanol–water partition coefficient (Wildman–Crippen LogP) is 2.05. The van der Waals surface area contributed by atoms with Crippen LogP contribution in [-0.2, 0) is 9.59 Å². The third-order valence-corrected chi connectivity index (χ3v) is 2.61. The Hall–Kier alpha value is -1.80. The number of hydrogen-bond donors (Lipinski definition) is 3. The lowest BCUT2D eigenvalue weighted by atomic mass is 9.89. The van der Waals surface area contributed by atoms with Crippen LogP contribution in [0.15, 0.2) is 0 Å². The Morgan fingerprint density at radius 1 is 1.10 bits per heavy atom. The average molecular weight is 312 g/mol. The summed E-state index contributed by atoms with van der Waals surface area (Å²) in [6.45, 7) is 2.67. The number of alkyl halides is 3. The fourth-order valence-corrected chi connectivity index (χ4v) is 1.34. The van der Waals surface area contributed by atoms with Gasteiger partial charge in [0.1, 0.15) is 0 Å². The first-order valence-electron chi connectivity index (χ1n) is 6.32. The van der Waals surface area contributed by atoms with E-state index < -0.39 is 35.9 Å².